The molecule has 4 aromatic rings. The fourth-order valence-electron chi connectivity index (χ4n) is 2.59. The predicted octanol–water partition coefficient (Wildman–Crippen LogP) is 2.33. The molecule has 6 heteroatoms. The van der Waals surface area contributed by atoms with Crippen LogP contribution in [0.15, 0.2) is 45.6 Å². The summed E-state index contributed by atoms with van der Waals surface area (Å²) in [7, 11) is 0. The smallest absolute Gasteiger partial charge is 0.408 e. The molecule has 3 N–H and O–H groups in total. The molecule has 0 radical (unpaired) electrons. The Kier molecular flexibility index (Phi) is 2.24. The Labute approximate surface area is 118 Å². The third kappa shape index (κ3) is 1.66. The number of hydrogen-bond acceptors (Lipinski definition) is 4. The monoisotopic (exact) mass is 280 g/mol. The number of oxazole rings is 1. The molecular formula is C15H12N4O2. The Morgan fingerprint density at radius 3 is 2.95 bits per heavy atom. The zero-order valence-corrected chi connectivity index (χ0v) is 11.3. The summed E-state index contributed by atoms with van der Waals surface area (Å²) >= 11 is 0. The maximum atomic E-state index is 11.2. The van der Waals surface area contributed by atoms with Gasteiger partial charge in [0.2, 0.25) is 0 Å². The lowest BCUT2D eigenvalue weighted by Crippen LogP contribution is -1.97. The number of H-pyrrole nitrogens is 1. The van der Waals surface area contributed by atoms with Crippen LogP contribution in [0.4, 0.5) is 5.82 Å². The van der Waals surface area contributed by atoms with Gasteiger partial charge in [0.1, 0.15) is 17.2 Å². The lowest BCUT2D eigenvalue weighted by atomic mass is 10.1. The molecule has 0 aliphatic heterocycles. The average Bonchev–Trinajstić information content (AvgIpc) is 2.98. The van der Waals surface area contributed by atoms with Gasteiger partial charge in [0, 0.05) is 11.3 Å². The van der Waals surface area contributed by atoms with E-state index < -0.39 is 5.76 Å². The maximum Gasteiger partial charge on any atom is 0.417 e. The highest BCUT2D eigenvalue weighted by Gasteiger charge is 2.13. The van der Waals surface area contributed by atoms with E-state index in [1.54, 1.807) is 12.1 Å². The van der Waals surface area contributed by atoms with E-state index in [4.69, 9.17) is 10.2 Å². The number of aromatic amines is 1. The third-order valence-electron chi connectivity index (χ3n) is 3.57. The molecule has 0 saturated carbocycles. The summed E-state index contributed by atoms with van der Waals surface area (Å²) in [5.41, 5.74) is 10.7. The number of nitrogens with zero attached hydrogens (tertiary/aromatic N) is 2. The van der Waals surface area contributed by atoms with Gasteiger partial charge in [0.25, 0.3) is 0 Å². The molecule has 0 atom stereocenters. The number of hydrogen-bond donors (Lipinski definition) is 2. The van der Waals surface area contributed by atoms with Crippen LogP contribution in [0.3, 0.4) is 0 Å². The first kappa shape index (κ1) is 11.8. The lowest BCUT2D eigenvalue weighted by Gasteiger charge is -2.02. The summed E-state index contributed by atoms with van der Waals surface area (Å²) in [6.45, 7) is 1.98. The average molecular weight is 280 g/mol. The number of aromatic nitrogens is 3. The first-order chi connectivity index (χ1) is 10.1. The van der Waals surface area contributed by atoms with Gasteiger partial charge in [0.05, 0.1) is 5.52 Å². The molecule has 1 aromatic carbocycles. The van der Waals surface area contributed by atoms with Crippen LogP contribution >= 0.6 is 0 Å². The molecular weight excluding hydrogens is 268 g/mol. The Bertz CT molecular complexity index is 1040. The van der Waals surface area contributed by atoms with Crippen molar-refractivity contribution in [2.24, 2.45) is 0 Å². The van der Waals surface area contributed by atoms with Gasteiger partial charge >= 0.3 is 5.76 Å². The number of aryl methyl sites for hydroxylation is 1. The highest BCUT2D eigenvalue weighted by Crippen LogP contribution is 2.29. The fourth-order valence-corrected chi connectivity index (χ4v) is 2.59. The summed E-state index contributed by atoms with van der Waals surface area (Å²) < 4.78 is 6.98. The van der Waals surface area contributed by atoms with E-state index >= 15 is 0 Å². The van der Waals surface area contributed by atoms with Crippen LogP contribution in [-0.2, 0) is 0 Å². The minimum Gasteiger partial charge on any atom is -0.408 e. The van der Waals surface area contributed by atoms with Gasteiger partial charge in [-0.1, -0.05) is 12.1 Å². The summed E-state index contributed by atoms with van der Waals surface area (Å²) in [6.07, 6.45) is 0. The Morgan fingerprint density at radius 1 is 1.29 bits per heavy atom. The van der Waals surface area contributed by atoms with E-state index in [-0.39, 0.29) is 0 Å². The second kappa shape index (κ2) is 3.99. The largest absolute Gasteiger partial charge is 0.417 e. The molecule has 0 aliphatic carbocycles. The van der Waals surface area contributed by atoms with Crippen LogP contribution < -0.4 is 11.5 Å². The topological polar surface area (TPSA) is 89.3 Å². The van der Waals surface area contributed by atoms with Gasteiger partial charge in [-0.25, -0.2) is 9.78 Å². The molecule has 104 valence electrons. The summed E-state index contributed by atoms with van der Waals surface area (Å²) in [5.74, 6) is 0.0984. The standard InChI is InChI=1S/C15H12N4O2/c1-8-3-2-4-12-18-13(14(16)19(8)12)9-5-6-10-11(7-9)21-15(20)17-10/h2-7H,16H2,1H3,(H,17,20). The number of nitrogens with one attached hydrogen (secondary N) is 1. The molecule has 0 aliphatic rings. The number of pyridine rings is 1. The highest BCUT2D eigenvalue weighted by atomic mass is 16.4. The van der Waals surface area contributed by atoms with Gasteiger partial charge in [-0.3, -0.25) is 9.38 Å². The van der Waals surface area contributed by atoms with Gasteiger partial charge in [-0.2, -0.15) is 0 Å². The normalized spacial score (nSPS) is 11.5. The minimum atomic E-state index is -0.471. The maximum absolute atomic E-state index is 11.2. The molecule has 3 aromatic heterocycles. The third-order valence-corrected chi connectivity index (χ3v) is 3.57. The van der Waals surface area contributed by atoms with Crippen LogP contribution in [0.5, 0.6) is 0 Å². The molecule has 0 saturated heterocycles. The molecule has 0 unspecified atom stereocenters. The molecule has 0 spiro atoms. The molecule has 3 heterocycles. The molecule has 0 fully saturated rings. The van der Waals surface area contributed by atoms with Crippen LogP contribution in [0.25, 0.3) is 28.0 Å². The predicted molar refractivity (Wildman–Crippen MR) is 80.2 cm³/mol. The fraction of sp³-hybridized carbons (Fsp3) is 0.0667. The van der Waals surface area contributed by atoms with Crippen molar-refractivity contribution >= 4 is 22.6 Å². The first-order valence-electron chi connectivity index (χ1n) is 6.50. The van der Waals surface area contributed by atoms with Crippen molar-refractivity contribution in [1.82, 2.24) is 14.4 Å². The van der Waals surface area contributed by atoms with E-state index in [1.807, 2.05) is 35.6 Å². The van der Waals surface area contributed by atoms with Crippen molar-refractivity contribution in [3.63, 3.8) is 0 Å². The van der Waals surface area contributed by atoms with Gasteiger partial charge in [-0.05, 0) is 31.2 Å². The van der Waals surface area contributed by atoms with Crippen molar-refractivity contribution in [2.45, 2.75) is 6.92 Å². The molecule has 4 rings (SSSR count). The van der Waals surface area contributed by atoms with E-state index in [2.05, 4.69) is 9.97 Å². The van der Waals surface area contributed by atoms with Crippen molar-refractivity contribution in [2.75, 3.05) is 5.73 Å². The molecule has 0 bridgehead atoms. The van der Waals surface area contributed by atoms with E-state index in [9.17, 15) is 4.79 Å². The minimum absolute atomic E-state index is 0.471. The number of rotatable bonds is 1. The number of nitrogens with two attached hydrogens (primary N) is 1. The molecule has 6 nitrogen and oxygen atoms in total. The quantitative estimate of drug-likeness (QED) is 0.560. The van der Waals surface area contributed by atoms with Crippen molar-refractivity contribution in [3.05, 3.63) is 52.6 Å². The van der Waals surface area contributed by atoms with Crippen molar-refractivity contribution in [3.8, 4) is 11.3 Å². The van der Waals surface area contributed by atoms with Crippen LogP contribution in [-0.4, -0.2) is 14.4 Å². The first-order valence-corrected chi connectivity index (χ1v) is 6.50. The van der Waals surface area contributed by atoms with Crippen molar-refractivity contribution in [1.29, 1.82) is 0 Å². The zero-order valence-electron chi connectivity index (χ0n) is 11.3. The Morgan fingerprint density at radius 2 is 2.14 bits per heavy atom. The molecule has 0 amide bonds. The summed E-state index contributed by atoms with van der Waals surface area (Å²) in [6, 6.07) is 11.2. The van der Waals surface area contributed by atoms with Crippen LogP contribution in [0, 0.1) is 6.92 Å². The number of anilines is 1. The summed E-state index contributed by atoms with van der Waals surface area (Å²) in [4.78, 5) is 18.4. The summed E-state index contributed by atoms with van der Waals surface area (Å²) in [5, 5.41) is 0. The number of fused-ring (bicyclic) bond motifs is 2. The second-order valence-corrected chi connectivity index (χ2v) is 4.93. The SMILES string of the molecule is Cc1cccc2nc(-c3ccc4[nH]c(=O)oc4c3)c(N)n12. The van der Waals surface area contributed by atoms with Crippen molar-refractivity contribution < 1.29 is 4.42 Å². The number of imidazole rings is 1. The van der Waals surface area contributed by atoms with Gasteiger partial charge < -0.3 is 10.2 Å². The van der Waals surface area contributed by atoms with E-state index in [1.165, 1.54) is 0 Å². The number of nitrogen functional groups attached to an aromatic ring is 1. The Hall–Kier alpha value is -3.02. The zero-order chi connectivity index (χ0) is 14.6. The van der Waals surface area contributed by atoms with Gasteiger partial charge in [0.15, 0.2) is 5.58 Å². The second-order valence-electron chi connectivity index (χ2n) is 4.93. The lowest BCUT2D eigenvalue weighted by molar-refractivity contribution is 0.555. The number of benzene rings is 1. The van der Waals surface area contributed by atoms with Crippen LogP contribution in [0.2, 0.25) is 0 Å². The Balaban J connectivity index is 2.01. The van der Waals surface area contributed by atoms with Gasteiger partial charge in [-0.15, -0.1) is 0 Å². The van der Waals surface area contributed by atoms with Crippen LogP contribution in [0.1, 0.15) is 5.69 Å². The van der Waals surface area contributed by atoms with E-state index in [0.29, 0.717) is 22.6 Å². The van der Waals surface area contributed by atoms with E-state index in [0.717, 1.165) is 16.9 Å². The highest BCUT2D eigenvalue weighted by molar-refractivity contribution is 5.83. The molecule has 21 heavy (non-hydrogen) atoms.